The van der Waals surface area contributed by atoms with Crippen molar-refractivity contribution in [3.63, 3.8) is 0 Å². The van der Waals surface area contributed by atoms with Crippen LogP contribution in [0.15, 0.2) is 12.3 Å². The predicted octanol–water partition coefficient (Wildman–Crippen LogP) is 3.23. The van der Waals surface area contributed by atoms with Crippen molar-refractivity contribution in [2.24, 2.45) is 11.8 Å². The monoisotopic (exact) mass is 213 g/mol. The Hall–Kier alpha value is -0.110. The van der Waals surface area contributed by atoms with Gasteiger partial charge in [-0.15, -0.1) is 0 Å². The molecule has 0 bridgehead atoms. The molecule has 1 N–H and O–H groups in total. The standard InChI is InChI=1S/C12H23NS/c1-4-7-13-10(3)12-8-11(14)6-5-9(12)2/h9,11-14H,3-8H2,1-2H3. The van der Waals surface area contributed by atoms with Gasteiger partial charge in [0.05, 0.1) is 0 Å². The lowest BCUT2D eigenvalue weighted by Gasteiger charge is -2.34. The highest BCUT2D eigenvalue weighted by atomic mass is 32.1. The Kier molecular flexibility index (Phi) is 4.86. The minimum absolute atomic E-state index is 0.580. The molecule has 0 aromatic carbocycles. The molecule has 82 valence electrons. The second-order valence-electron chi connectivity index (χ2n) is 4.50. The van der Waals surface area contributed by atoms with Crippen molar-refractivity contribution in [2.75, 3.05) is 6.54 Å². The molecule has 1 aliphatic rings. The Morgan fingerprint density at radius 2 is 2.21 bits per heavy atom. The number of hydrogen-bond acceptors (Lipinski definition) is 2. The largest absolute Gasteiger partial charge is 0.389 e. The van der Waals surface area contributed by atoms with Crippen LogP contribution in [0.2, 0.25) is 0 Å². The van der Waals surface area contributed by atoms with Gasteiger partial charge in [-0.25, -0.2) is 0 Å². The fraction of sp³-hybridized carbons (Fsp3) is 0.833. The minimum atomic E-state index is 0.580. The van der Waals surface area contributed by atoms with Crippen LogP contribution in [0.25, 0.3) is 0 Å². The molecule has 0 aromatic heterocycles. The van der Waals surface area contributed by atoms with Gasteiger partial charge in [0.25, 0.3) is 0 Å². The van der Waals surface area contributed by atoms with Gasteiger partial charge >= 0.3 is 0 Å². The van der Waals surface area contributed by atoms with Crippen molar-refractivity contribution in [2.45, 2.75) is 44.8 Å². The molecule has 0 aliphatic heterocycles. The van der Waals surface area contributed by atoms with Crippen LogP contribution < -0.4 is 5.32 Å². The maximum absolute atomic E-state index is 4.58. The average molecular weight is 213 g/mol. The van der Waals surface area contributed by atoms with Crippen molar-refractivity contribution in [1.82, 2.24) is 5.32 Å². The summed E-state index contributed by atoms with van der Waals surface area (Å²) in [4.78, 5) is 0. The maximum atomic E-state index is 4.58. The third-order valence-electron chi connectivity index (χ3n) is 3.22. The number of allylic oxidation sites excluding steroid dienone is 1. The Bertz CT molecular complexity index is 191. The van der Waals surface area contributed by atoms with Gasteiger partial charge in [-0.3, -0.25) is 0 Å². The highest BCUT2D eigenvalue weighted by Gasteiger charge is 2.27. The van der Waals surface area contributed by atoms with E-state index >= 15 is 0 Å². The summed E-state index contributed by atoms with van der Waals surface area (Å²) in [6.45, 7) is 9.73. The summed E-state index contributed by atoms with van der Waals surface area (Å²) in [5, 5.41) is 4.00. The van der Waals surface area contributed by atoms with E-state index in [0.29, 0.717) is 11.2 Å². The van der Waals surface area contributed by atoms with E-state index in [4.69, 9.17) is 0 Å². The quantitative estimate of drug-likeness (QED) is 0.683. The minimum Gasteiger partial charge on any atom is -0.389 e. The third-order valence-corrected chi connectivity index (χ3v) is 3.69. The molecule has 0 spiro atoms. The molecule has 3 unspecified atom stereocenters. The molecule has 0 amide bonds. The Morgan fingerprint density at radius 1 is 1.50 bits per heavy atom. The fourth-order valence-electron chi connectivity index (χ4n) is 2.20. The Labute approximate surface area is 93.8 Å². The zero-order valence-electron chi connectivity index (χ0n) is 9.42. The van der Waals surface area contributed by atoms with Crippen molar-refractivity contribution in [3.05, 3.63) is 12.3 Å². The predicted molar refractivity (Wildman–Crippen MR) is 66.7 cm³/mol. The molecule has 0 radical (unpaired) electrons. The lowest BCUT2D eigenvalue weighted by Crippen LogP contribution is -2.30. The summed E-state index contributed by atoms with van der Waals surface area (Å²) in [6.07, 6.45) is 4.93. The molecule has 1 rings (SSSR count). The van der Waals surface area contributed by atoms with E-state index in [9.17, 15) is 0 Å². The molecule has 0 aromatic rings. The molecule has 0 saturated heterocycles. The van der Waals surface area contributed by atoms with Crippen LogP contribution >= 0.6 is 12.6 Å². The highest BCUT2D eigenvalue weighted by Crippen LogP contribution is 2.35. The molecule has 0 heterocycles. The van der Waals surface area contributed by atoms with Crippen LogP contribution in [0.3, 0.4) is 0 Å². The van der Waals surface area contributed by atoms with Crippen molar-refractivity contribution >= 4 is 12.6 Å². The smallest absolute Gasteiger partial charge is 0.0141 e. The van der Waals surface area contributed by atoms with Gasteiger partial charge in [-0.1, -0.05) is 20.4 Å². The van der Waals surface area contributed by atoms with Crippen LogP contribution in [0, 0.1) is 11.8 Å². The van der Waals surface area contributed by atoms with Crippen LogP contribution in [-0.4, -0.2) is 11.8 Å². The second kappa shape index (κ2) is 5.69. The lowest BCUT2D eigenvalue weighted by atomic mass is 9.78. The fourth-order valence-corrected chi connectivity index (χ4v) is 2.58. The summed E-state index contributed by atoms with van der Waals surface area (Å²) in [5.41, 5.74) is 1.23. The summed E-state index contributed by atoms with van der Waals surface area (Å²) >= 11 is 4.58. The molecule has 3 atom stereocenters. The Morgan fingerprint density at radius 3 is 2.86 bits per heavy atom. The molecule has 1 saturated carbocycles. The maximum Gasteiger partial charge on any atom is 0.0141 e. The van der Waals surface area contributed by atoms with Gasteiger partial charge in [0, 0.05) is 23.4 Å². The second-order valence-corrected chi connectivity index (χ2v) is 5.23. The van der Waals surface area contributed by atoms with E-state index in [1.165, 1.54) is 31.4 Å². The first-order valence-corrected chi connectivity index (χ1v) is 6.27. The van der Waals surface area contributed by atoms with E-state index in [0.717, 1.165) is 12.5 Å². The van der Waals surface area contributed by atoms with E-state index in [-0.39, 0.29) is 0 Å². The molecular weight excluding hydrogens is 190 g/mol. The van der Waals surface area contributed by atoms with Gasteiger partial charge < -0.3 is 5.32 Å². The van der Waals surface area contributed by atoms with Gasteiger partial charge in [0.15, 0.2) is 0 Å². The first-order valence-electron chi connectivity index (χ1n) is 5.75. The molecule has 1 aliphatic carbocycles. The van der Waals surface area contributed by atoms with E-state index in [1.807, 2.05) is 0 Å². The Balaban J connectivity index is 2.43. The van der Waals surface area contributed by atoms with Crippen LogP contribution in [0.5, 0.6) is 0 Å². The normalized spacial score (nSPS) is 32.6. The van der Waals surface area contributed by atoms with Crippen molar-refractivity contribution < 1.29 is 0 Å². The average Bonchev–Trinajstić information content (AvgIpc) is 2.18. The SMILES string of the molecule is C=C(NCCC)C1CC(S)CCC1C. The summed E-state index contributed by atoms with van der Waals surface area (Å²) < 4.78 is 0. The molecule has 1 nitrogen and oxygen atoms in total. The zero-order chi connectivity index (χ0) is 10.6. The van der Waals surface area contributed by atoms with Gasteiger partial charge in [-0.05, 0) is 31.6 Å². The molecular formula is C12H23NS. The zero-order valence-corrected chi connectivity index (χ0v) is 10.3. The first kappa shape index (κ1) is 12.0. The van der Waals surface area contributed by atoms with E-state index in [2.05, 4.69) is 38.4 Å². The summed E-state index contributed by atoms with van der Waals surface area (Å²) in [7, 11) is 0. The topological polar surface area (TPSA) is 12.0 Å². The lowest BCUT2D eigenvalue weighted by molar-refractivity contribution is 0.290. The summed E-state index contributed by atoms with van der Waals surface area (Å²) in [6, 6.07) is 0. The number of nitrogens with one attached hydrogen (secondary N) is 1. The van der Waals surface area contributed by atoms with Gasteiger partial charge in [0.1, 0.15) is 0 Å². The van der Waals surface area contributed by atoms with Crippen molar-refractivity contribution in [1.29, 1.82) is 0 Å². The van der Waals surface area contributed by atoms with Gasteiger partial charge in [0.2, 0.25) is 0 Å². The van der Waals surface area contributed by atoms with E-state index in [1.54, 1.807) is 0 Å². The van der Waals surface area contributed by atoms with Crippen molar-refractivity contribution in [3.8, 4) is 0 Å². The molecule has 2 heteroatoms. The molecule has 1 fully saturated rings. The number of rotatable bonds is 4. The number of thiol groups is 1. The van der Waals surface area contributed by atoms with Gasteiger partial charge in [-0.2, -0.15) is 12.6 Å². The van der Waals surface area contributed by atoms with Crippen LogP contribution in [0.1, 0.15) is 39.5 Å². The molecule has 14 heavy (non-hydrogen) atoms. The summed E-state index contributed by atoms with van der Waals surface area (Å²) in [5.74, 6) is 1.41. The van der Waals surface area contributed by atoms with Crippen LogP contribution in [0.4, 0.5) is 0 Å². The third kappa shape index (κ3) is 3.23. The number of hydrogen-bond donors (Lipinski definition) is 2. The highest BCUT2D eigenvalue weighted by molar-refractivity contribution is 7.80. The van der Waals surface area contributed by atoms with Crippen LogP contribution in [-0.2, 0) is 0 Å². The van der Waals surface area contributed by atoms with E-state index < -0.39 is 0 Å². The first-order chi connectivity index (χ1) is 6.65.